The van der Waals surface area contributed by atoms with E-state index >= 15 is 0 Å². The molecule has 0 aromatic carbocycles. The summed E-state index contributed by atoms with van der Waals surface area (Å²) in [6.45, 7) is 7.29. The van der Waals surface area contributed by atoms with Gasteiger partial charge in [0.05, 0.1) is 0 Å². The molecule has 0 saturated heterocycles. The minimum absolute atomic E-state index is 0.0794. The molecule has 0 aromatic rings. The second-order valence-corrected chi connectivity index (χ2v) is 9.64. The Bertz CT molecular complexity index is 608. The molecule has 3 nitrogen and oxygen atoms in total. The molecule has 0 N–H and O–H groups in total. The summed E-state index contributed by atoms with van der Waals surface area (Å²) in [7, 11) is 0. The van der Waals surface area contributed by atoms with Crippen molar-refractivity contribution in [3.8, 4) is 0 Å². The number of ketones is 1. The van der Waals surface area contributed by atoms with Crippen LogP contribution in [0.3, 0.4) is 0 Å². The number of carbonyl (C=O) groups is 2. The highest BCUT2D eigenvalue weighted by Gasteiger charge is 2.59. The number of ether oxygens (including phenoxy) is 1. The topological polar surface area (TPSA) is 43.4 Å². The van der Waals surface area contributed by atoms with E-state index in [2.05, 4.69) is 19.9 Å². The van der Waals surface area contributed by atoms with E-state index in [4.69, 9.17) is 4.74 Å². The number of rotatable bonds is 3. The molecule has 4 aliphatic rings. The van der Waals surface area contributed by atoms with Gasteiger partial charge in [0.25, 0.3) is 6.47 Å². The highest BCUT2D eigenvalue weighted by atomic mass is 16.5. The van der Waals surface area contributed by atoms with Crippen molar-refractivity contribution in [1.82, 2.24) is 0 Å². The fourth-order valence-corrected chi connectivity index (χ4v) is 7.49. The van der Waals surface area contributed by atoms with E-state index in [-0.39, 0.29) is 22.9 Å². The van der Waals surface area contributed by atoms with E-state index in [1.807, 2.05) is 0 Å². The summed E-state index contributed by atoms with van der Waals surface area (Å²) >= 11 is 0. The number of Topliss-reactive ketones (excluding diaryl/α,β-unsaturated/α-hetero) is 1. The van der Waals surface area contributed by atoms with Crippen molar-refractivity contribution in [3.05, 3.63) is 11.6 Å². The molecule has 0 amide bonds. The molecule has 0 spiro atoms. The standard InChI is InChI=1S/C22H32O3/c1-14(24)18-6-7-19-17-5-4-15-12-16(25-13-23)8-10-21(15,2)20(17)9-11-22(18,19)3/h4,13,16-20H,5-12H2,1-3H3/t16?,17-,18+,19-,20-,21-,22+/m0/s1. The van der Waals surface area contributed by atoms with E-state index in [1.165, 1.54) is 24.8 Å². The van der Waals surface area contributed by atoms with Crippen LogP contribution in [0.2, 0.25) is 0 Å². The molecule has 7 atom stereocenters. The van der Waals surface area contributed by atoms with E-state index < -0.39 is 0 Å². The van der Waals surface area contributed by atoms with Crippen LogP contribution in [0.5, 0.6) is 0 Å². The van der Waals surface area contributed by atoms with Gasteiger partial charge in [0.1, 0.15) is 11.9 Å². The Balaban J connectivity index is 1.61. The molecule has 25 heavy (non-hydrogen) atoms. The molecule has 3 fully saturated rings. The first kappa shape index (κ1) is 17.3. The Morgan fingerprint density at radius 1 is 1.16 bits per heavy atom. The average Bonchev–Trinajstić information content (AvgIpc) is 2.93. The predicted molar refractivity (Wildman–Crippen MR) is 96.8 cm³/mol. The van der Waals surface area contributed by atoms with Gasteiger partial charge in [0.2, 0.25) is 0 Å². The minimum atomic E-state index is 0.0794. The number of carbonyl (C=O) groups excluding carboxylic acids is 2. The van der Waals surface area contributed by atoms with Gasteiger partial charge < -0.3 is 4.74 Å². The molecule has 138 valence electrons. The van der Waals surface area contributed by atoms with Crippen LogP contribution in [-0.2, 0) is 14.3 Å². The molecule has 1 unspecified atom stereocenters. The lowest BCUT2D eigenvalue weighted by Crippen LogP contribution is -2.51. The lowest BCUT2D eigenvalue weighted by atomic mass is 9.47. The number of fused-ring (bicyclic) bond motifs is 5. The normalized spacial score (nSPS) is 48.6. The van der Waals surface area contributed by atoms with Crippen LogP contribution in [0.15, 0.2) is 11.6 Å². The van der Waals surface area contributed by atoms with Gasteiger partial charge in [-0.1, -0.05) is 25.5 Å². The highest BCUT2D eigenvalue weighted by molar-refractivity contribution is 5.79. The van der Waals surface area contributed by atoms with Gasteiger partial charge in [-0.25, -0.2) is 0 Å². The Hall–Kier alpha value is -1.12. The molecular weight excluding hydrogens is 312 g/mol. The summed E-state index contributed by atoms with van der Waals surface area (Å²) < 4.78 is 5.28. The second-order valence-electron chi connectivity index (χ2n) is 9.64. The Morgan fingerprint density at radius 2 is 1.96 bits per heavy atom. The van der Waals surface area contributed by atoms with Crippen molar-refractivity contribution in [2.45, 2.75) is 78.2 Å². The monoisotopic (exact) mass is 344 g/mol. The Morgan fingerprint density at radius 3 is 2.68 bits per heavy atom. The second kappa shape index (κ2) is 5.96. The molecule has 4 aliphatic carbocycles. The first-order chi connectivity index (χ1) is 11.9. The molecule has 0 aliphatic heterocycles. The van der Waals surface area contributed by atoms with Gasteiger partial charge in [-0.05, 0) is 80.5 Å². The fourth-order valence-electron chi connectivity index (χ4n) is 7.49. The van der Waals surface area contributed by atoms with Crippen molar-refractivity contribution in [1.29, 1.82) is 0 Å². The molecule has 3 heteroatoms. The molecule has 3 saturated carbocycles. The summed E-state index contributed by atoms with van der Waals surface area (Å²) in [5, 5.41) is 0. The van der Waals surface area contributed by atoms with Crippen molar-refractivity contribution in [2.24, 2.45) is 34.5 Å². The first-order valence-corrected chi connectivity index (χ1v) is 10.2. The maximum Gasteiger partial charge on any atom is 0.293 e. The summed E-state index contributed by atoms with van der Waals surface area (Å²) in [5.41, 5.74) is 2.05. The van der Waals surface area contributed by atoms with Crippen LogP contribution in [0, 0.1) is 34.5 Å². The Kier molecular flexibility index (Phi) is 4.12. The maximum absolute atomic E-state index is 12.2. The van der Waals surface area contributed by atoms with Gasteiger partial charge in [-0.2, -0.15) is 0 Å². The van der Waals surface area contributed by atoms with Gasteiger partial charge in [-0.3, -0.25) is 9.59 Å². The van der Waals surface area contributed by atoms with Gasteiger partial charge in [0.15, 0.2) is 0 Å². The van der Waals surface area contributed by atoms with Crippen LogP contribution >= 0.6 is 0 Å². The summed E-state index contributed by atoms with van der Waals surface area (Å²) in [6.07, 6.45) is 11.6. The van der Waals surface area contributed by atoms with E-state index in [9.17, 15) is 9.59 Å². The maximum atomic E-state index is 12.2. The minimum Gasteiger partial charge on any atom is -0.464 e. The molecule has 4 rings (SSSR count). The van der Waals surface area contributed by atoms with Crippen molar-refractivity contribution < 1.29 is 14.3 Å². The van der Waals surface area contributed by atoms with Crippen molar-refractivity contribution in [2.75, 3.05) is 0 Å². The van der Waals surface area contributed by atoms with E-state index in [0.29, 0.717) is 18.2 Å². The lowest BCUT2D eigenvalue weighted by Gasteiger charge is -2.58. The number of allylic oxidation sites excluding steroid dienone is 1. The van der Waals surface area contributed by atoms with Crippen LogP contribution < -0.4 is 0 Å². The van der Waals surface area contributed by atoms with Gasteiger partial charge in [-0.15, -0.1) is 0 Å². The molecular formula is C22H32O3. The van der Waals surface area contributed by atoms with Crippen molar-refractivity contribution in [3.63, 3.8) is 0 Å². The third-order valence-electron chi connectivity index (χ3n) is 8.80. The fraction of sp³-hybridized carbons (Fsp3) is 0.818. The van der Waals surface area contributed by atoms with Crippen molar-refractivity contribution >= 4 is 12.3 Å². The van der Waals surface area contributed by atoms with E-state index in [1.54, 1.807) is 6.92 Å². The summed E-state index contributed by atoms with van der Waals surface area (Å²) in [4.78, 5) is 22.9. The average molecular weight is 344 g/mol. The zero-order valence-corrected chi connectivity index (χ0v) is 15.9. The predicted octanol–water partition coefficient (Wildman–Crippen LogP) is 4.70. The van der Waals surface area contributed by atoms with Crippen LogP contribution in [0.1, 0.15) is 72.1 Å². The molecule has 0 bridgehead atoms. The zero-order valence-electron chi connectivity index (χ0n) is 15.9. The van der Waals surface area contributed by atoms with Crippen LogP contribution in [0.4, 0.5) is 0 Å². The number of hydrogen-bond donors (Lipinski definition) is 0. The van der Waals surface area contributed by atoms with Gasteiger partial charge in [0, 0.05) is 12.3 Å². The Labute approximate surface area is 151 Å². The van der Waals surface area contributed by atoms with Crippen LogP contribution in [-0.4, -0.2) is 18.4 Å². The third kappa shape index (κ3) is 2.44. The third-order valence-corrected chi connectivity index (χ3v) is 8.80. The molecule has 0 radical (unpaired) electrons. The van der Waals surface area contributed by atoms with E-state index in [0.717, 1.165) is 43.9 Å². The lowest BCUT2D eigenvalue weighted by molar-refractivity contribution is -0.136. The number of hydrogen-bond acceptors (Lipinski definition) is 3. The molecule has 0 heterocycles. The quantitative estimate of drug-likeness (QED) is 0.551. The highest BCUT2D eigenvalue weighted by Crippen LogP contribution is 2.66. The zero-order chi connectivity index (χ0) is 17.8. The largest absolute Gasteiger partial charge is 0.464 e. The summed E-state index contributed by atoms with van der Waals surface area (Å²) in [6, 6.07) is 0. The van der Waals surface area contributed by atoms with Crippen LogP contribution in [0.25, 0.3) is 0 Å². The SMILES string of the molecule is CC(=O)[C@H]1CC[C@H]2[C@@H]3CC=C4CC(OC=O)CC[C@]4(C)[C@H]3CC[C@]12C. The van der Waals surface area contributed by atoms with Gasteiger partial charge >= 0.3 is 0 Å². The molecule has 0 aromatic heterocycles. The summed E-state index contributed by atoms with van der Waals surface area (Å²) in [5.74, 6) is 2.88. The first-order valence-electron chi connectivity index (χ1n) is 10.2. The smallest absolute Gasteiger partial charge is 0.293 e.